The highest BCUT2D eigenvalue weighted by Crippen LogP contribution is 2.30. The molecular weight excluding hydrogens is 268 g/mol. The lowest BCUT2D eigenvalue weighted by Gasteiger charge is -2.24. The number of hydrogen-bond acceptors (Lipinski definition) is 2. The normalized spacial score (nSPS) is 11.9. The van der Waals surface area contributed by atoms with E-state index in [2.05, 4.69) is 20.8 Å². The highest BCUT2D eigenvalue weighted by Gasteiger charge is 2.28. The summed E-state index contributed by atoms with van der Waals surface area (Å²) in [4.78, 5) is 4.46. The van der Waals surface area contributed by atoms with Crippen LogP contribution in [0.25, 0.3) is 0 Å². The van der Waals surface area contributed by atoms with Gasteiger partial charge in [-0.25, -0.2) is 14.7 Å². The van der Waals surface area contributed by atoms with Gasteiger partial charge in [0.25, 0.3) is 0 Å². The van der Waals surface area contributed by atoms with Gasteiger partial charge in [0.2, 0.25) is 0 Å². The molecule has 0 aliphatic rings. The smallest absolute Gasteiger partial charge is 0.131 e. The first-order valence-electron chi connectivity index (χ1n) is 4.35. The molecule has 0 bridgehead atoms. The highest BCUT2D eigenvalue weighted by atomic mass is 79.9. The first kappa shape index (κ1) is 12.5. The fraction of sp³-hybridized carbons (Fsp3) is 0.400. The van der Waals surface area contributed by atoms with Crippen molar-refractivity contribution in [2.75, 3.05) is 6.61 Å². The molecule has 0 amide bonds. The monoisotopic (exact) mass is 279 g/mol. The maximum absolute atomic E-state index is 13.6. The zero-order valence-corrected chi connectivity index (χ0v) is 10.1. The van der Waals surface area contributed by atoms with E-state index >= 15 is 0 Å². The van der Waals surface area contributed by atoms with Gasteiger partial charge in [-0.15, -0.1) is 0 Å². The summed E-state index contributed by atoms with van der Waals surface area (Å²) in [6.45, 7) is 3.37. The number of nitrogens with two attached hydrogens (primary N) is 1. The van der Waals surface area contributed by atoms with E-state index in [-0.39, 0.29) is 12.2 Å². The molecule has 15 heavy (non-hydrogen) atoms. The number of rotatable bonds is 3. The van der Waals surface area contributed by atoms with Crippen molar-refractivity contribution in [2.45, 2.75) is 19.3 Å². The topological polar surface area (TPSA) is 35.2 Å². The van der Waals surface area contributed by atoms with E-state index in [0.717, 1.165) is 0 Å². The summed E-state index contributed by atoms with van der Waals surface area (Å²) in [5.74, 6) is 3.71. The molecule has 0 aliphatic carbocycles. The average molecular weight is 280 g/mol. The van der Waals surface area contributed by atoms with Crippen LogP contribution >= 0.6 is 15.9 Å². The van der Waals surface area contributed by atoms with Gasteiger partial charge in [-0.1, -0.05) is 29.8 Å². The van der Waals surface area contributed by atoms with E-state index in [0.29, 0.717) is 4.47 Å². The molecule has 0 saturated heterocycles. The molecule has 0 radical (unpaired) electrons. The van der Waals surface area contributed by atoms with Crippen molar-refractivity contribution in [1.82, 2.24) is 0 Å². The summed E-state index contributed by atoms with van der Waals surface area (Å²) in [5, 5.41) is 0. The van der Waals surface area contributed by atoms with Crippen molar-refractivity contribution in [3.8, 4) is 0 Å². The molecule has 0 saturated carbocycles. The molecule has 0 aromatic heterocycles. The van der Waals surface area contributed by atoms with Crippen molar-refractivity contribution in [3.63, 3.8) is 0 Å². The number of benzene rings is 1. The second-order valence-electron chi connectivity index (χ2n) is 3.94. The first-order chi connectivity index (χ1) is 6.88. The van der Waals surface area contributed by atoms with E-state index in [1.54, 1.807) is 13.8 Å². The molecule has 0 spiro atoms. The lowest BCUT2D eigenvalue weighted by atomic mass is 9.85. The molecule has 0 heterocycles. The van der Waals surface area contributed by atoms with Gasteiger partial charge >= 0.3 is 0 Å². The molecule has 0 atom stereocenters. The van der Waals surface area contributed by atoms with Gasteiger partial charge in [0.15, 0.2) is 0 Å². The Kier molecular flexibility index (Phi) is 3.81. The van der Waals surface area contributed by atoms with E-state index in [4.69, 9.17) is 5.90 Å². The average Bonchev–Trinajstić information content (AvgIpc) is 1.99. The molecular formula is C10H12BrF2NO. The van der Waals surface area contributed by atoms with Crippen LogP contribution in [0.2, 0.25) is 0 Å². The summed E-state index contributed by atoms with van der Waals surface area (Å²) in [6.07, 6.45) is 0. The van der Waals surface area contributed by atoms with Crippen LogP contribution in [-0.4, -0.2) is 6.61 Å². The Bertz CT molecular complexity index is 345. The molecule has 0 unspecified atom stereocenters. The molecule has 1 rings (SSSR count). The Hall–Kier alpha value is -0.520. The summed E-state index contributed by atoms with van der Waals surface area (Å²) >= 11 is 3.02. The summed E-state index contributed by atoms with van der Waals surface area (Å²) in [7, 11) is 0. The predicted molar refractivity (Wildman–Crippen MR) is 57.2 cm³/mol. The minimum atomic E-state index is -0.802. The SMILES string of the molecule is CC(C)(CON)c1c(F)cc(Br)cc1F. The number of halogens is 3. The van der Waals surface area contributed by atoms with Gasteiger partial charge < -0.3 is 4.84 Å². The Morgan fingerprint density at radius 3 is 2.20 bits per heavy atom. The Labute approximate surface area is 95.5 Å². The predicted octanol–water partition coefficient (Wildman–Crippen LogP) is 2.90. The van der Waals surface area contributed by atoms with Gasteiger partial charge in [-0.2, -0.15) is 0 Å². The zero-order chi connectivity index (χ0) is 11.6. The molecule has 2 nitrogen and oxygen atoms in total. The second kappa shape index (κ2) is 4.55. The van der Waals surface area contributed by atoms with Crippen molar-refractivity contribution in [3.05, 3.63) is 33.8 Å². The third kappa shape index (κ3) is 2.74. The van der Waals surface area contributed by atoms with Crippen LogP contribution in [-0.2, 0) is 10.3 Å². The van der Waals surface area contributed by atoms with Gasteiger partial charge in [0.1, 0.15) is 11.6 Å². The van der Waals surface area contributed by atoms with E-state index in [9.17, 15) is 8.78 Å². The van der Waals surface area contributed by atoms with Crippen LogP contribution in [0.1, 0.15) is 19.4 Å². The second-order valence-corrected chi connectivity index (χ2v) is 4.85. The van der Waals surface area contributed by atoms with Crippen LogP contribution in [0, 0.1) is 11.6 Å². The zero-order valence-electron chi connectivity index (χ0n) is 8.48. The molecule has 1 aromatic rings. The quantitative estimate of drug-likeness (QED) is 0.864. The van der Waals surface area contributed by atoms with Gasteiger partial charge in [0, 0.05) is 15.5 Å². The van der Waals surface area contributed by atoms with E-state index < -0.39 is 17.0 Å². The summed E-state index contributed by atoms with van der Waals surface area (Å²) in [5.41, 5.74) is -0.819. The molecule has 1 aromatic carbocycles. The summed E-state index contributed by atoms with van der Waals surface area (Å²) in [6, 6.07) is 2.44. The molecule has 5 heteroatoms. The van der Waals surface area contributed by atoms with Crippen molar-refractivity contribution in [1.29, 1.82) is 0 Å². The van der Waals surface area contributed by atoms with E-state index in [1.807, 2.05) is 0 Å². The summed E-state index contributed by atoms with van der Waals surface area (Å²) < 4.78 is 27.5. The van der Waals surface area contributed by atoms with Gasteiger partial charge in [0.05, 0.1) is 6.61 Å². The third-order valence-corrected chi connectivity index (χ3v) is 2.59. The molecule has 0 fully saturated rings. The van der Waals surface area contributed by atoms with Gasteiger partial charge in [-0.3, -0.25) is 0 Å². The Balaban J connectivity index is 3.24. The lowest BCUT2D eigenvalue weighted by Crippen LogP contribution is -2.28. The standard InChI is InChI=1S/C10H12BrF2NO/c1-10(2,5-15-14)9-7(12)3-6(11)4-8(9)13/h3-4H,5,14H2,1-2H3. The van der Waals surface area contributed by atoms with Crippen LogP contribution in [0.4, 0.5) is 8.78 Å². The third-order valence-electron chi connectivity index (χ3n) is 2.13. The van der Waals surface area contributed by atoms with Gasteiger partial charge in [-0.05, 0) is 12.1 Å². The Morgan fingerprint density at radius 2 is 1.80 bits per heavy atom. The van der Waals surface area contributed by atoms with Crippen LogP contribution in [0.15, 0.2) is 16.6 Å². The van der Waals surface area contributed by atoms with Crippen molar-refractivity contribution in [2.24, 2.45) is 5.90 Å². The lowest BCUT2D eigenvalue weighted by molar-refractivity contribution is 0.0936. The van der Waals surface area contributed by atoms with Crippen molar-refractivity contribution < 1.29 is 13.6 Å². The number of hydrogen-bond donors (Lipinski definition) is 1. The maximum atomic E-state index is 13.6. The van der Waals surface area contributed by atoms with E-state index in [1.165, 1.54) is 12.1 Å². The van der Waals surface area contributed by atoms with Crippen LogP contribution in [0.3, 0.4) is 0 Å². The van der Waals surface area contributed by atoms with Crippen molar-refractivity contribution >= 4 is 15.9 Å². The largest absolute Gasteiger partial charge is 0.304 e. The molecule has 0 aliphatic heterocycles. The molecule has 84 valence electrons. The Morgan fingerprint density at radius 1 is 1.33 bits per heavy atom. The fourth-order valence-corrected chi connectivity index (χ4v) is 1.87. The molecule has 2 N–H and O–H groups in total. The minimum absolute atomic E-state index is 0.0175. The van der Waals surface area contributed by atoms with Crippen LogP contribution in [0.5, 0.6) is 0 Å². The van der Waals surface area contributed by atoms with Crippen LogP contribution < -0.4 is 5.90 Å². The fourth-order valence-electron chi connectivity index (χ4n) is 1.47. The highest BCUT2D eigenvalue weighted by molar-refractivity contribution is 9.10. The minimum Gasteiger partial charge on any atom is -0.304 e. The first-order valence-corrected chi connectivity index (χ1v) is 5.14. The maximum Gasteiger partial charge on any atom is 0.131 e.